The molecule has 4 nitrogen and oxygen atoms in total. The Labute approximate surface area is 142 Å². The number of hydrogen-bond donors (Lipinski definition) is 0. The molecule has 1 aromatic carbocycles. The molecular formula is C14H17BrClFN2O2Si. The van der Waals surface area contributed by atoms with Crippen molar-refractivity contribution in [2.24, 2.45) is 0 Å². The van der Waals surface area contributed by atoms with Crippen molar-refractivity contribution in [1.82, 2.24) is 9.55 Å². The average molecular weight is 408 g/mol. The van der Waals surface area contributed by atoms with E-state index in [0.29, 0.717) is 11.1 Å². The number of ether oxygens (including phenoxy) is 1. The molecule has 0 saturated carbocycles. The number of rotatable bonds is 5. The predicted octanol–water partition coefficient (Wildman–Crippen LogP) is 4.26. The zero-order valence-corrected chi connectivity index (χ0v) is 16.0. The Hall–Kier alpha value is -0.763. The summed E-state index contributed by atoms with van der Waals surface area (Å²) in [4.78, 5) is 16.4. The fraction of sp³-hybridized carbons (Fsp3) is 0.429. The summed E-state index contributed by atoms with van der Waals surface area (Å²) in [5.74, 6) is -0.764. The van der Waals surface area contributed by atoms with Crippen molar-refractivity contribution < 1.29 is 9.13 Å². The number of halogens is 3. The van der Waals surface area contributed by atoms with Gasteiger partial charge in [-0.05, 0) is 28.0 Å². The Kier molecular flexibility index (Phi) is 5.42. The quantitative estimate of drug-likeness (QED) is 0.422. The summed E-state index contributed by atoms with van der Waals surface area (Å²) in [6.07, 6.45) is 1.36. The molecule has 0 atom stereocenters. The molecule has 0 saturated heterocycles. The molecule has 0 bridgehead atoms. The number of nitrogens with zero attached hydrogens (tertiary/aromatic N) is 2. The van der Waals surface area contributed by atoms with Crippen LogP contribution in [-0.4, -0.2) is 24.2 Å². The Bertz CT molecular complexity index is 761. The second-order valence-corrected chi connectivity index (χ2v) is 13.1. The van der Waals surface area contributed by atoms with Gasteiger partial charge in [0.1, 0.15) is 18.4 Å². The summed E-state index contributed by atoms with van der Waals surface area (Å²) in [6, 6.07) is 2.52. The second-order valence-electron chi connectivity index (χ2n) is 6.25. The maximum atomic E-state index is 14.2. The van der Waals surface area contributed by atoms with Gasteiger partial charge in [-0.1, -0.05) is 31.2 Å². The third-order valence-electron chi connectivity index (χ3n) is 3.18. The molecule has 0 aliphatic rings. The van der Waals surface area contributed by atoms with Gasteiger partial charge in [-0.2, -0.15) is 0 Å². The molecule has 2 aromatic rings. The third-order valence-corrected chi connectivity index (χ3v) is 6.11. The van der Waals surface area contributed by atoms with Gasteiger partial charge in [0.15, 0.2) is 5.82 Å². The number of benzene rings is 1. The lowest BCUT2D eigenvalue weighted by molar-refractivity contribution is 0.0844. The first-order valence-corrected chi connectivity index (χ1v) is 11.7. The van der Waals surface area contributed by atoms with Crippen LogP contribution in [0.15, 0.2) is 21.7 Å². The average Bonchev–Trinajstić information content (AvgIpc) is 2.42. The molecule has 0 aliphatic carbocycles. The van der Waals surface area contributed by atoms with Crippen molar-refractivity contribution >= 4 is 46.5 Å². The van der Waals surface area contributed by atoms with Crippen LogP contribution in [-0.2, 0) is 11.5 Å². The normalized spacial score (nSPS) is 12.1. The molecule has 0 aliphatic heterocycles. The standard InChI is InChI=1S/C14H17BrClFN2O2Si/c1-22(2,3)5-4-21-8-19-7-18-10-6-9(15)12(16)13(17)11(10)14(19)20/h6-7H,4-5,8H2,1-3H3. The van der Waals surface area contributed by atoms with Crippen molar-refractivity contribution in [3.63, 3.8) is 0 Å². The van der Waals surface area contributed by atoms with Crippen LogP contribution in [0.25, 0.3) is 10.9 Å². The van der Waals surface area contributed by atoms with Crippen LogP contribution >= 0.6 is 27.5 Å². The highest BCUT2D eigenvalue weighted by molar-refractivity contribution is 9.10. The van der Waals surface area contributed by atoms with Gasteiger partial charge >= 0.3 is 0 Å². The number of hydrogen-bond acceptors (Lipinski definition) is 3. The van der Waals surface area contributed by atoms with Crippen LogP contribution in [0.1, 0.15) is 0 Å². The van der Waals surface area contributed by atoms with Crippen LogP contribution in [0, 0.1) is 5.82 Å². The molecule has 22 heavy (non-hydrogen) atoms. The van der Waals surface area contributed by atoms with Gasteiger partial charge in [0.05, 0.1) is 10.5 Å². The van der Waals surface area contributed by atoms with E-state index < -0.39 is 19.5 Å². The maximum absolute atomic E-state index is 14.2. The molecule has 0 N–H and O–H groups in total. The summed E-state index contributed by atoms with van der Waals surface area (Å²) < 4.78 is 21.3. The Morgan fingerprint density at radius 3 is 2.77 bits per heavy atom. The molecule has 0 unspecified atom stereocenters. The summed E-state index contributed by atoms with van der Waals surface area (Å²) in [5, 5.41) is -0.242. The molecule has 2 rings (SSSR count). The lowest BCUT2D eigenvalue weighted by atomic mass is 10.2. The fourth-order valence-electron chi connectivity index (χ4n) is 1.85. The van der Waals surface area contributed by atoms with E-state index in [0.717, 1.165) is 6.04 Å². The van der Waals surface area contributed by atoms with Gasteiger partial charge in [-0.3, -0.25) is 9.36 Å². The van der Waals surface area contributed by atoms with E-state index in [1.165, 1.54) is 17.0 Å². The van der Waals surface area contributed by atoms with Gasteiger partial charge in [0.2, 0.25) is 0 Å². The Morgan fingerprint density at radius 2 is 2.14 bits per heavy atom. The highest BCUT2D eigenvalue weighted by Crippen LogP contribution is 2.29. The molecule has 0 radical (unpaired) electrons. The predicted molar refractivity (Wildman–Crippen MR) is 92.8 cm³/mol. The van der Waals surface area contributed by atoms with Gasteiger partial charge in [0.25, 0.3) is 5.56 Å². The minimum atomic E-state index is -1.19. The first kappa shape index (κ1) is 17.6. The summed E-state index contributed by atoms with van der Waals surface area (Å²) >= 11 is 8.97. The van der Waals surface area contributed by atoms with Crippen LogP contribution in [0.4, 0.5) is 4.39 Å². The molecule has 0 amide bonds. The van der Waals surface area contributed by atoms with E-state index in [9.17, 15) is 9.18 Å². The molecule has 0 spiro atoms. The fourth-order valence-corrected chi connectivity index (χ4v) is 3.15. The molecule has 1 heterocycles. The van der Waals surface area contributed by atoms with E-state index in [1.807, 2.05) is 0 Å². The lowest BCUT2D eigenvalue weighted by Crippen LogP contribution is -2.25. The van der Waals surface area contributed by atoms with E-state index in [-0.39, 0.29) is 22.7 Å². The SMILES string of the molecule is C[Si](C)(C)CCOCn1cnc2cc(Br)c(Cl)c(F)c2c1=O. The van der Waals surface area contributed by atoms with Gasteiger partial charge < -0.3 is 4.74 Å². The first-order chi connectivity index (χ1) is 10.2. The Morgan fingerprint density at radius 1 is 1.45 bits per heavy atom. The van der Waals surface area contributed by atoms with Crippen LogP contribution in [0.2, 0.25) is 30.7 Å². The molecule has 0 fully saturated rings. The smallest absolute Gasteiger partial charge is 0.266 e. The van der Waals surface area contributed by atoms with Crippen molar-refractivity contribution in [3.8, 4) is 0 Å². The number of fused-ring (bicyclic) bond motifs is 1. The highest BCUT2D eigenvalue weighted by Gasteiger charge is 2.16. The lowest BCUT2D eigenvalue weighted by Gasteiger charge is -2.15. The van der Waals surface area contributed by atoms with Gasteiger partial charge in [0, 0.05) is 19.2 Å². The van der Waals surface area contributed by atoms with E-state index in [4.69, 9.17) is 16.3 Å². The topological polar surface area (TPSA) is 44.1 Å². The van der Waals surface area contributed by atoms with Crippen molar-refractivity contribution in [2.75, 3.05) is 6.61 Å². The van der Waals surface area contributed by atoms with E-state index >= 15 is 0 Å². The van der Waals surface area contributed by atoms with E-state index in [1.54, 1.807) is 0 Å². The molecule has 1 aromatic heterocycles. The summed E-state index contributed by atoms with van der Waals surface area (Å²) in [6.45, 7) is 7.36. The van der Waals surface area contributed by atoms with E-state index in [2.05, 4.69) is 40.6 Å². The van der Waals surface area contributed by atoms with Crippen molar-refractivity contribution in [1.29, 1.82) is 0 Å². The second kappa shape index (κ2) is 6.78. The minimum absolute atomic E-state index is 0.0549. The monoisotopic (exact) mass is 406 g/mol. The largest absolute Gasteiger partial charge is 0.361 e. The van der Waals surface area contributed by atoms with Crippen LogP contribution in [0.5, 0.6) is 0 Å². The zero-order chi connectivity index (χ0) is 16.5. The molecular weight excluding hydrogens is 391 g/mol. The highest BCUT2D eigenvalue weighted by atomic mass is 79.9. The molecule has 8 heteroatoms. The van der Waals surface area contributed by atoms with Gasteiger partial charge in [-0.25, -0.2) is 9.37 Å². The molecule has 120 valence electrons. The summed E-state index contributed by atoms with van der Waals surface area (Å²) in [5.41, 5.74) is -0.234. The zero-order valence-electron chi connectivity index (χ0n) is 12.6. The Balaban J connectivity index is 2.26. The minimum Gasteiger partial charge on any atom is -0.361 e. The third kappa shape index (κ3) is 3.95. The maximum Gasteiger partial charge on any atom is 0.266 e. The van der Waals surface area contributed by atoms with Crippen LogP contribution in [0.3, 0.4) is 0 Å². The van der Waals surface area contributed by atoms with Crippen molar-refractivity contribution in [3.05, 3.63) is 38.1 Å². The first-order valence-electron chi connectivity index (χ1n) is 6.81. The summed E-state index contributed by atoms with van der Waals surface area (Å²) in [7, 11) is -1.19. The van der Waals surface area contributed by atoms with Crippen molar-refractivity contribution in [2.45, 2.75) is 32.4 Å². The van der Waals surface area contributed by atoms with Crippen LogP contribution < -0.4 is 5.56 Å². The number of aromatic nitrogens is 2. The van der Waals surface area contributed by atoms with Gasteiger partial charge in [-0.15, -0.1) is 0 Å².